The maximum Gasteiger partial charge on any atom is 0.0755 e. The van der Waals surface area contributed by atoms with Crippen molar-refractivity contribution in [3.63, 3.8) is 0 Å². The first kappa shape index (κ1) is 15.3. The zero-order valence-corrected chi connectivity index (χ0v) is 13.2. The second-order valence-corrected chi connectivity index (χ2v) is 6.72. The molecule has 4 unspecified atom stereocenters. The molecule has 19 heavy (non-hydrogen) atoms. The van der Waals surface area contributed by atoms with Gasteiger partial charge in [0.2, 0.25) is 0 Å². The van der Waals surface area contributed by atoms with Crippen LogP contribution in [0.1, 0.15) is 65.2 Å². The predicted molar refractivity (Wildman–Crippen MR) is 81.3 cm³/mol. The van der Waals surface area contributed by atoms with Gasteiger partial charge in [-0.3, -0.25) is 0 Å². The summed E-state index contributed by atoms with van der Waals surface area (Å²) >= 11 is 0. The zero-order valence-electron chi connectivity index (χ0n) is 13.2. The first-order chi connectivity index (χ1) is 9.30. The van der Waals surface area contributed by atoms with Crippen molar-refractivity contribution in [2.24, 2.45) is 17.8 Å². The molecular formula is C17H33NO. The quantitative estimate of drug-likeness (QED) is 0.718. The van der Waals surface area contributed by atoms with Gasteiger partial charge >= 0.3 is 0 Å². The van der Waals surface area contributed by atoms with Gasteiger partial charge in [-0.15, -0.1) is 0 Å². The molecule has 112 valence electrons. The standard InChI is InChI=1S/C17H33NO/c1-4-11-18-16(17(19-3)14-9-10-14)15-8-6-7-13(5-2)12-15/h13-18H,4-12H2,1-3H3. The maximum absolute atomic E-state index is 5.89. The van der Waals surface area contributed by atoms with Gasteiger partial charge in [0.05, 0.1) is 6.10 Å². The summed E-state index contributed by atoms with van der Waals surface area (Å²) in [5.74, 6) is 2.64. The molecule has 2 aliphatic carbocycles. The Hall–Kier alpha value is -0.0800. The van der Waals surface area contributed by atoms with E-state index in [-0.39, 0.29) is 0 Å². The molecule has 2 nitrogen and oxygen atoms in total. The third-order valence-corrected chi connectivity index (χ3v) is 5.25. The first-order valence-electron chi connectivity index (χ1n) is 8.56. The van der Waals surface area contributed by atoms with E-state index in [1.807, 2.05) is 7.11 Å². The Labute approximate surface area is 119 Å². The van der Waals surface area contributed by atoms with Crippen molar-refractivity contribution in [1.82, 2.24) is 5.32 Å². The van der Waals surface area contributed by atoms with E-state index in [1.165, 1.54) is 51.4 Å². The van der Waals surface area contributed by atoms with Crippen molar-refractivity contribution >= 4 is 0 Å². The van der Waals surface area contributed by atoms with E-state index in [4.69, 9.17) is 4.74 Å². The number of hydrogen-bond acceptors (Lipinski definition) is 2. The second-order valence-electron chi connectivity index (χ2n) is 6.72. The van der Waals surface area contributed by atoms with Gasteiger partial charge in [-0.25, -0.2) is 0 Å². The van der Waals surface area contributed by atoms with Crippen LogP contribution in [0.5, 0.6) is 0 Å². The smallest absolute Gasteiger partial charge is 0.0755 e. The van der Waals surface area contributed by atoms with E-state index in [0.29, 0.717) is 12.1 Å². The van der Waals surface area contributed by atoms with Crippen molar-refractivity contribution in [3.8, 4) is 0 Å². The Balaban J connectivity index is 1.98. The minimum absolute atomic E-state index is 0.465. The van der Waals surface area contributed by atoms with E-state index in [1.54, 1.807) is 0 Å². The molecule has 0 aliphatic heterocycles. The topological polar surface area (TPSA) is 21.3 Å². The molecule has 2 aliphatic rings. The van der Waals surface area contributed by atoms with Crippen molar-refractivity contribution in [3.05, 3.63) is 0 Å². The molecule has 0 bridgehead atoms. The summed E-state index contributed by atoms with van der Waals surface area (Å²) < 4.78 is 5.89. The Kier molecular flexibility index (Phi) is 6.15. The minimum Gasteiger partial charge on any atom is -0.380 e. The molecule has 0 heterocycles. The molecular weight excluding hydrogens is 234 g/mol. The largest absolute Gasteiger partial charge is 0.380 e. The van der Waals surface area contributed by atoms with Gasteiger partial charge in [0.25, 0.3) is 0 Å². The number of methoxy groups -OCH3 is 1. The van der Waals surface area contributed by atoms with Crippen LogP contribution >= 0.6 is 0 Å². The lowest BCUT2D eigenvalue weighted by Gasteiger charge is -2.38. The van der Waals surface area contributed by atoms with Gasteiger partial charge in [0.1, 0.15) is 0 Å². The lowest BCUT2D eigenvalue weighted by Crippen LogP contribution is -2.49. The van der Waals surface area contributed by atoms with Crippen LogP contribution in [0, 0.1) is 17.8 Å². The summed E-state index contributed by atoms with van der Waals surface area (Å²) in [4.78, 5) is 0. The highest BCUT2D eigenvalue weighted by Gasteiger charge is 2.40. The van der Waals surface area contributed by atoms with Gasteiger partial charge < -0.3 is 10.1 Å². The maximum atomic E-state index is 5.89. The van der Waals surface area contributed by atoms with Gasteiger partial charge in [0, 0.05) is 13.2 Å². The Morgan fingerprint density at radius 3 is 2.47 bits per heavy atom. The molecule has 0 saturated heterocycles. The highest BCUT2D eigenvalue weighted by Crippen LogP contribution is 2.41. The first-order valence-corrected chi connectivity index (χ1v) is 8.56. The van der Waals surface area contributed by atoms with E-state index in [9.17, 15) is 0 Å². The molecule has 0 radical (unpaired) electrons. The van der Waals surface area contributed by atoms with Crippen LogP contribution in [0.15, 0.2) is 0 Å². The summed E-state index contributed by atoms with van der Waals surface area (Å²) in [6.45, 7) is 5.76. The lowest BCUT2D eigenvalue weighted by molar-refractivity contribution is 0.0190. The molecule has 2 rings (SSSR count). The van der Waals surface area contributed by atoms with Crippen LogP contribution in [0.4, 0.5) is 0 Å². The van der Waals surface area contributed by atoms with E-state index >= 15 is 0 Å². The fourth-order valence-electron chi connectivity index (χ4n) is 3.95. The number of ether oxygens (including phenoxy) is 1. The Morgan fingerprint density at radius 1 is 1.11 bits per heavy atom. The molecule has 0 aromatic rings. The van der Waals surface area contributed by atoms with Crippen LogP contribution < -0.4 is 5.32 Å². The van der Waals surface area contributed by atoms with Gasteiger partial charge in [-0.1, -0.05) is 33.1 Å². The predicted octanol–water partition coefficient (Wildman–Crippen LogP) is 4.00. The summed E-state index contributed by atoms with van der Waals surface area (Å²) in [5, 5.41) is 3.83. The number of nitrogens with one attached hydrogen (secondary N) is 1. The third-order valence-electron chi connectivity index (χ3n) is 5.25. The number of rotatable bonds is 8. The second kappa shape index (κ2) is 7.64. The molecule has 0 aromatic heterocycles. The van der Waals surface area contributed by atoms with Crippen molar-refractivity contribution < 1.29 is 4.74 Å². The van der Waals surface area contributed by atoms with E-state index in [0.717, 1.165) is 24.3 Å². The fraction of sp³-hybridized carbons (Fsp3) is 1.00. The average molecular weight is 267 g/mol. The van der Waals surface area contributed by atoms with Crippen LogP contribution in [-0.2, 0) is 4.74 Å². The van der Waals surface area contributed by atoms with Gasteiger partial charge in [-0.2, -0.15) is 0 Å². The van der Waals surface area contributed by atoms with E-state index < -0.39 is 0 Å². The van der Waals surface area contributed by atoms with Crippen LogP contribution in [-0.4, -0.2) is 25.8 Å². The molecule has 0 amide bonds. The van der Waals surface area contributed by atoms with Crippen molar-refractivity contribution in [1.29, 1.82) is 0 Å². The number of hydrogen-bond donors (Lipinski definition) is 1. The average Bonchev–Trinajstić information content (AvgIpc) is 3.28. The highest BCUT2D eigenvalue weighted by atomic mass is 16.5. The fourth-order valence-corrected chi connectivity index (χ4v) is 3.95. The van der Waals surface area contributed by atoms with Crippen molar-refractivity contribution in [2.45, 2.75) is 77.4 Å². The lowest BCUT2D eigenvalue weighted by atomic mass is 9.75. The van der Waals surface area contributed by atoms with Crippen LogP contribution in [0.3, 0.4) is 0 Å². The van der Waals surface area contributed by atoms with E-state index in [2.05, 4.69) is 19.2 Å². The molecule has 2 heteroatoms. The van der Waals surface area contributed by atoms with Crippen LogP contribution in [0.2, 0.25) is 0 Å². The third kappa shape index (κ3) is 4.19. The van der Waals surface area contributed by atoms with Crippen LogP contribution in [0.25, 0.3) is 0 Å². The molecule has 0 spiro atoms. The zero-order chi connectivity index (χ0) is 13.7. The monoisotopic (exact) mass is 267 g/mol. The summed E-state index contributed by atoms with van der Waals surface area (Å²) in [6.07, 6.45) is 11.5. The molecule has 0 aromatic carbocycles. The molecule has 2 fully saturated rings. The van der Waals surface area contributed by atoms with Crippen molar-refractivity contribution in [2.75, 3.05) is 13.7 Å². The Morgan fingerprint density at radius 2 is 1.89 bits per heavy atom. The highest BCUT2D eigenvalue weighted by molar-refractivity contribution is 4.95. The normalized spacial score (nSPS) is 31.1. The Bertz CT molecular complexity index is 252. The molecule has 4 atom stereocenters. The summed E-state index contributed by atoms with van der Waals surface area (Å²) in [5.41, 5.74) is 0. The summed E-state index contributed by atoms with van der Waals surface area (Å²) in [6, 6.07) is 0.604. The molecule has 1 N–H and O–H groups in total. The SMILES string of the molecule is CCCNC(C1CCCC(CC)C1)C(OC)C1CC1. The van der Waals surface area contributed by atoms with Gasteiger partial charge in [-0.05, 0) is 56.4 Å². The molecule has 2 saturated carbocycles. The van der Waals surface area contributed by atoms with Gasteiger partial charge in [0.15, 0.2) is 0 Å². The minimum atomic E-state index is 0.465. The summed E-state index contributed by atoms with van der Waals surface area (Å²) in [7, 11) is 1.92.